The molecule has 1 aliphatic carbocycles. The van der Waals surface area contributed by atoms with E-state index in [9.17, 15) is 49.7 Å². The van der Waals surface area contributed by atoms with Gasteiger partial charge in [-0.25, -0.2) is 14.3 Å². The molecule has 23 nitrogen and oxygen atoms in total. The first-order chi connectivity index (χ1) is 62.9. The maximum absolute atomic E-state index is 12.6. The number of esters is 4. The molecule has 734 valence electrons. The van der Waals surface area contributed by atoms with Gasteiger partial charge < -0.3 is 57.4 Å². The summed E-state index contributed by atoms with van der Waals surface area (Å²) in [6, 6.07) is 49.5. The smallest absolute Gasteiger partial charge is 1.00 e. The van der Waals surface area contributed by atoms with Crippen LogP contribution in [0, 0.1) is 56.0 Å². The van der Waals surface area contributed by atoms with E-state index in [0.717, 1.165) is 148 Å². The van der Waals surface area contributed by atoms with E-state index in [1.54, 1.807) is 0 Å². The number of benzene rings is 4. The number of alkyl halides is 6. The number of carbonyl (C=O) groups is 4. The molecule has 8 saturated heterocycles. The third-order valence-electron chi connectivity index (χ3n) is 25.1. The standard InChI is InChI=1S/C18H23FINO2.2C18H24FNO2.C12H18FNO2.C11H15FN2.C8H7N.C6H5.C3H8FN.CH4O4S.2CH4O.BrH.I2.Mg.Na.H2O/c1-23-18(22)17-15(12-3-5-13(20)6-4-12)11-14-7-8-16(17)21(14)10-2-9-19;2*1-22-18(21)17-15(13-6-3-2-4-7-13)12-14-8-9-16(17)20(14)11-5-10-19;1-16-12(15)10-5-3-9-4-6-11(10)14(9)8-2-7-13;12-6-1-7-14-10-3-2-9(8-13)11(14)5-4-10;9-7-8-5-3-1-2-4-6-8;1-2-4-6-5-3-1;4-2-1-3-5;1-6(3)5-4-2;2*1-2;;1-2;;;/h3-6,14-17H,2,7-11H2,1H3;2*2-4,6-7,14-17H,5,8-12H2,1H3;5,9,11H,2-4,6-8H2,1H3;2,10-11H,1,3-7H2;1-6,8H;1-5H;1-3,5H2;2H,1H3;2*2H,1H3;1H;;;;1H2/q;;;;;;-1;;;;;;;+2;+1;/p-2. The molecule has 133 heavy (non-hydrogen) atoms. The molecular weight excluding hydrogens is 2170 g/mol. The molecule has 0 radical (unpaired) electrons. The molecule has 0 amide bonds. The number of hydrogen-bond acceptors (Lipinski definition) is 23. The van der Waals surface area contributed by atoms with Crippen LogP contribution < -0.4 is 52.3 Å². The van der Waals surface area contributed by atoms with Crippen molar-refractivity contribution in [2.75, 3.05) is 128 Å². The zero-order valence-corrected chi connectivity index (χ0v) is 90.4. The molecule has 8 fully saturated rings. The quantitative estimate of drug-likeness (QED) is 0.00663. The predicted octanol–water partition coefficient (Wildman–Crippen LogP) is 11.5. The number of allylic oxidation sites excluding steroid dienone is 6. The van der Waals surface area contributed by atoms with Crippen molar-refractivity contribution in [1.82, 2.24) is 24.5 Å². The average Bonchev–Trinajstić information content (AvgIpc) is 1.63. The molecular formula is C97H137BrF6I3MgN8NaO15S. The maximum atomic E-state index is 12.6. The summed E-state index contributed by atoms with van der Waals surface area (Å²) in [5.41, 5.74) is 10.2. The summed E-state index contributed by atoms with van der Waals surface area (Å²) in [4.78, 5) is 60.6. The number of fused-ring (bicyclic) bond motifs is 10. The molecule has 10 bridgehead atoms. The number of hydrogen-bond donors (Lipinski definition) is 4. The van der Waals surface area contributed by atoms with Crippen LogP contribution in [-0.4, -0.2) is 285 Å². The van der Waals surface area contributed by atoms with Crippen molar-refractivity contribution in [2.24, 2.45) is 29.4 Å². The van der Waals surface area contributed by atoms with Crippen molar-refractivity contribution in [1.29, 1.82) is 10.5 Å². The Morgan fingerprint density at radius 2 is 0.842 bits per heavy atom. The first-order valence-corrected chi connectivity index (χ1v) is 53.3. The van der Waals surface area contributed by atoms with Crippen LogP contribution in [0.1, 0.15) is 169 Å². The molecule has 0 spiro atoms. The average molecular weight is 2310 g/mol. The molecule has 11 aliphatic rings. The number of halogens is 10. The number of nitriles is 2. The molecule has 4 aromatic carbocycles. The van der Waals surface area contributed by atoms with Crippen molar-refractivity contribution in [3.05, 3.63) is 201 Å². The van der Waals surface area contributed by atoms with Gasteiger partial charge in [0.2, 0.25) is 0 Å². The van der Waals surface area contributed by atoms with Gasteiger partial charge in [-0.3, -0.25) is 65.2 Å². The Hall–Kier alpha value is -3.87. The van der Waals surface area contributed by atoms with Gasteiger partial charge in [0.05, 0.1) is 110 Å². The zero-order valence-electron chi connectivity index (χ0n) is 78.1. The van der Waals surface area contributed by atoms with E-state index in [4.69, 9.17) is 50.7 Å². The van der Waals surface area contributed by atoms with Crippen molar-refractivity contribution in [2.45, 2.75) is 213 Å². The second kappa shape index (κ2) is 76.9. The van der Waals surface area contributed by atoms with Gasteiger partial charge in [0.1, 0.15) is 0 Å². The third kappa shape index (κ3) is 41.7. The monoisotopic (exact) mass is 2310 g/mol. The normalized spacial score (nSPS) is 25.0. The Balaban J connectivity index is 0.00000151. The fraction of sp³-hybridized carbons (Fsp3) is 0.588. The largest absolute Gasteiger partial charge is 2.00 e. The van der Waals surface area contributed by atoms with Crippen LogP contribution in [0.25, 0.3) is 0 Å². The van der Waals surface area contributed by atoms with Crippen LogP contribution in [0.15, 0.2) is 175 Å². The Bertz CT molecular complexity index is 3920. The van der Waals surface area contributed by atoms with Gasteiger partial charge >= 0.3 is 76.5 Å². The minimum atomic E-state index is -1.54. The van der Waals surface area contributed by atoms with Crippen molar-refractivity contribution in [3.63, 3.8) is 0 Å². The van der Waals surface area contributed by atoms with Crippen molar-refractivity contribution in [3.8, 4) is 12.1 Å². The summed E-state index contributed by atoms with van der Waals surface area (Å²) in [5, 5.41) is 41.7. The van der Waals surface area contributed by atoms with E-state index in [0.29, 0.717) is 81.3 Å². The van der Waals surface area contributed by atoms with E-state index in [-0.39, 0.29) is 205 Å². The van der Waals surface area contributed by atoms with E-state index in [2.05, 4.69) is 167 Å². The summed E-state index contributed by atoms with van der Waals surface area (Å²) in [5.74, 6) is -0.400. The molecule has 0 saturated carbocycles. The molecule has 17 atom stereocenters. The minimum absolute atomic E-state index is 0. The number of rotatable bonds is 26. The number of ether oxygens (including phenoxy) is 4. The van der Waals surface area contributed by atoms with Crippen LogP contribution in [0.3, 0.4) is 0 Å². The minimum Gasteiger partial charge on any atom is -1.00 e. The number of aliphatic hydroxyl groups is 2. The van der Waals surface area contributed by atoms with Gasteiger partial charge in [0.25, 0.3) is 0 Å². The van der Waals surface area contributed by atoms with Gasteiger partial charge in [-0.2, -0.15) is 46.9 Å². The molecule has 15 rings (SSSR count). The van der Waals surface area contributed by atoms with E-state index in [1.807, 2.05) is 109 Å². The summed E-state index contributed by atoms with van der Waals surface area (Å²) < 4.78 is 107. The number of methoxy groups -OCH3 is 4. The third-order valence-corrected chi connectivity index (χ3v) is 26.1. The molecule has 36 heteroatoms. The first-order valence-electron chi connectivity index (χ1n) is 44.4. The van der Waals surface area contributed by atoms with Gasteiger partial charge in [-0.05, 0) is 193 Å². The van der Waals surface area contributed by atoms with Crippen LogP contribution >= 0.6 is 59.8 Å². The Morgan fingerprint density at radius 1 is 0.496 bits per heavy atom. The Labute approximate surface area is 873 Å². The number of nitrogens with two attached hydrogens (primary N) is 1. The van der Waals surface area contributed by atoms with Crippen LogP contribution in [-0.2, 0) is 58.6 Å². The molecule has 0 aromatic heterocycles. The predicted molar refractivity (Wildman–Crippen MR) is 527 cm³/mol. The fourth-order valence-corrected chi connectivity index (χ4v) is 20.2. The van der Waals surface area contributed by atoms with Gasteiger partial charge in [-0.15, -0.1) is 4.33 Å². The van der Waals surface area contributed by atoms with E-state index >= 15 is 0 Å². The number of aliphatic hydroxyl groups excluding tert-OH is 2. The van der Waals surface area contributed by atoms with Gasteiger partial charge in [0.15, 0.2) is 11.1 Å². The first kappa shape index (κ1) is 129. The summed E-state index contributed by atoms with van der Waals surface area (Å²) in [7, 11) is 7.82. The second-order valence-electron chi connectivity index (χ2n) is 32.0. The molecule has 4 aromatic rings. The van der Waals surface area contributed by atoms with Crippen molar-refractivity contribution < 1.29 is 146 Å². The molecule has 17 unspecified atom stereocenters. The van der Waals surface area contributed by atoms with Crippen LogP contribution in [0.2, 0.25) is 0 Å². The molecule has 6 N–H and O–H groups in total. The molecule has 10 heterocycles. The Morgan fingerprint density at radius 3 is 1.14 bits per heavy atom. The zero-order chi connectivity index (χ0) is 94.8. The van der Waals surface area contributed by atoms with E-state index in [1.165, 1.54) is 61.4 Å². The maximum Gasteiger partial charge on any atom is 2.00 e. The summed E-state index contributed by atoms with van der Waals surface area (Å²) in [6.45, 7) is 2.59. The SMILES string of the molecule is CO.CO.COC(=O)C1=CCC2CCC1N2CCCF.COC(=O)C1C(c2ccc(I)cc2)CC2CCC1N2CCCF.COC(=O)C1C(c2ccccc2)CC2CCC1N2CCCF.COC(=O)C1C(c2ccccc2)CC2CCC1N2CCCF.CS(=O)OOO.II.N#CC1=CCC2CCC1N2CCCF.N#CC1C=CC=CC=C1.NCCCF.[Br-].[Mg+2].[Na+].[OH-].[c-]1ccccc1. The van der Waals surface area contributed by atoms with Crippen molar-refractivity contribution >= 4 is 118 Å². The number of carbonyl (C=O) groups excluding carboxylic acids is 4. The second-order valence-corrected chi connectivity index (χ2v) is 34.2. The Kier molecular flexibility index (Phi) is 74.6. The molecule has 10 aliphatic heterocycles. The van der Waals surface area contributed by atoms with Gasteiger partial charge in [0, 0.05) is 178 Å². The topological polar surface area (TPSA) is 321 Å². The van der Waals surface area contributed by atoms with Crippen LogP contribution in [0.5, 0.6) is 0 Å². The number of piperidine rings is 3. The van der Waals surface area contributed by atoms with Crippen LogP contribution in [0.4, 0.5) is 26.3 Å². The number of nitrogens with zero attached hydrogens (tertiary/aromatic N) is 7. The fourth-order valence-electron chi connectivity index (χ4n) is 19.8. The summed E-state index contributed by atoms with van der Waals surface area (Å²) >= 11 is 5.00. The van der Waals surface area contributed by atoms with E-state index < -0.39 is 11.1 Å². The van der Waals surface area contributed by atoms with Gasteiger partial charge in [-0.1, -0.05) is 126 Å². The summed E-state index contributed by atoms with van der Waals surface area (Å²) in [6.07, 6.45) is 35.4.